The highest BCUT2D eigenvalue weighted by Crippen LogP contribution is 2.42. The van der Waals surface area contributed by atoms with Gasteiger partial charge in [-0.3, -0.25) is 4.79 Å². The van der Waals surface area contributed by atoms with Crippen LogP contribution in [0.5, 0.6) is 5.75 Å². The summed E-state index contributed by atoms with van der Waals surface area (Å²) in [6.07, 6.45) is -11.1. The van der Waals surface area contributed by atoms with Crippen molar-refractivity contribution >= 4 is 22.7 Å². The van der Waals surface area contributed by atoms with Gasteiger partial charge < -0.3 is 14.9 Å². The average Bonchev–Trinajstić information content (AvgIpc) is 2.23. The normalized spacial score (nSPS) is 12.1. The summed E-state index contributed by atoms with van der Waals surface area (Å²) < 4.78 is 77.4. The van der Waals surface area contributed by atoms with E-state index in [9.17, 15) is 41.3 Å². The van der Waals surface area contributed by atoms with Crippen molar-refractivity contribution in [1.29, 1.82) is 0 Å². The molecule has 0 bridgehead atoms. The highest BCUT2D eigenvalue weighted by molar-refractivity contribution is 6.67. The molecule has 0 atom stereocenters. The second kappa shape index (κ2) is 5.35. The maximum atomic E-state index is 12.7. The van der Waals surface area contributed by atoms with Gasteiger partial charge in [0.05, 0.1) is 6.07 Å². The first-order chi connectivity index (χ1) is 9.33. The summed E-state index contributed by atoms with van der Waals surface area (Å²) in [4.78, 5) is 22.5. The summed E-state index contributed by atoms with van der Waals surface area (Å²) in [5.74, 6) is -3.47. The Morgan fingerprint density at radius 1 is 1.29 bits per heavy atom. The molecule has 0 aliphatic heterocycles. The van der Waals surface area contributed by atoms with Crippen molar-refractivity contribution in [3.05, 3.63) is 27.4 Å². The van der Waals surface area contributed by atoms with Crippen molar-refractivity contribution in [2.24, 2.45) is 0 Å². The highest BCUT2D eigenvalue weighted by Gasteiger charge is 2.46. The highest BCUT2D eigenvalue weighted by atomic mass is 35.5. The van der Waals surface area contributed by atoms with Crippen molar-refractivity contribution in [2.75, 3.05) is 0 Å². The van der Waals surface area contributed by atoms with Gasteiger partial charge in [-0.15, -0.1) is 13.2 Å². The van der Waals surface area contributed by atoms with Gasteiger partial charge in [0.25, 0.3) is 10.9 Å². The summed E-state index contributed by atoms with van der Waals surface area (Å²) in [5.41, 5.74) is -4.02. The van der Waals surface area contributed by atoms with Gasteiger partial charge in [0.15, 0.2) is 11.3 Å². The Morgan fingerprint density at radius 2 is 1.81 bits per heavy atom. The van der Waals surface area contributed by atoms with E-state index in [0.717, 1.165) is 0 Å². The molecule has 0 N–H and O–H groups in total. The van der Waals surface area contributed by atoms with Gasteiger partial charge in [-0.1, -0.05) is 0 Å². The summed E-state index contributed by atoms with van der Waals surface area (Å²) in [7, 11) is 0. The topological polar surface area (TPSA) is 82.3 Å². The predicted molar refractivity (Wildman–Crippen MR) is 52.8 cm³/mol. The van der Waals surface area contributed by atoms with E-state index in [1.165, 1.54) is 0 Å². The Balaban J connectivity index is 3.71. The lowest BCUT2D eigenvalue weighted by Gasteiger charge is -2.15. The van der Waals surface area contributed by atoms with Crippen LogP contribution in [0.4, 0.5) is 32.2 Å². The third kappa shape index (κ3) is 4.18. The van der Waals surface area contributed by atoms with Crippen LogP contribution in [-0.4, -0.2) is 21.5 Å². The number of carbonyl (C=O) groups excluding carboxylic acids is 1. The minimum absolute atomic E-state index is 0.209. The molecule has 0 aliphatic carbocycles. The molecule has 13 heteroatoms. The number of ether oxygens (including phenoxy) is 1. The number of rotatable bonds is 3. The van der Waals surface area contributed by atoms with Crippen LogP contribution in [0.1, 0.15) is 16.1 Å². The van der Waals surface area contributed by atoms with Crippen LogP contribution in [0.25, 0.3) is 0 Å². The van der Waals surface area contributed by atoms with Crippen molar-refractivity contribution in [1.82, 2.24) is 4.98 Å². The summed E-state index contributed by atoms with van der Waals surface area (Å²) in [6, 6.07) is -0.209. The van der Waals surface area contributed by atoms with Gasteiger partial charge in [-0.2, -0.15) is 13.2 Å². The number of hydrogen-bond acceptors (Lipinski definition) is 5. The van der Waals surface area contributed by atoms with Gasteiger partial charge >= 0.3 is 18.4 Å². The fourth-order valence-corrected chi connectivity index (χ4v) is 1.36. The van der Waals surface area contributed by atoms with Gasteiger partial charge in [-0.05, 0) is 21.5 Å². The molecule has 0 fully saturated rings. The van der Waals surface area contributed by atoms with E-state index in [1.54, 1.807) is 0 Å². The van der Waals surface area contributed by atoms with Crippen molar-refractivity contribution in [3.63, 3.8) is 0 Å². The van der Waals surface area contributed by atoms with Gasteiger partial charge in [-0.25, -0.2) is 0 Å². The molecule has 0 aliphatic rings. The third-order valence-electron chi connectivity index (χ3n) is 1.85. The smallest absolute Gasteiger partial charge is 0.405 e. The number of nitrogens with zero attached hydrogens (tertiary/aromatic N) is 2. The van der Waals surface area contributed by atoms with Crippen molar-refractivity contribution in [3.8, 4) is 5.75 Å². The molecule has 1 aromatic rings. The molecule has 6 nitrogen and oxygen atoms in total. The number of pyridine rings is 1. The molecule has 0 amide bonds. The van der Waals surface area contributed by atoms with E-state index in [-0.39, 0.29) is 6.07 Å². The van der Waals surface area contributed by atoms with E-state index in [2.05, 4.69) is 9.72 Å². The largest absolute Gasteiger partial charge is 0.573 e. The van der Waals surface area contributed by atoms with Crippen LogP contribution in [0.3, 0.4) is 0 Å². The van der Waals surface area contributed by atoms with Crippen LogP contribution >= 0.6 is 11.6 Å². The van der Waals surface area contributed by atoms with Crippen LogP contribution in [-0.2, 0) is 6.18 Å². The van der Waals surface area contributed by atoms with Gasteiger partial charge in [0.2, 0.25) is 0 Å². The number of alkyl halides is 6. The van der Waals surface area contributed by atoms with E-state index in [1.807, 2.05) is 0 Å². The van der Waals surface area contributed by atoms with E-state index < -0.39 is 45.5 Å². The quantitative estimate of drug-likeness (QED) is 0.365. The summed E-state index contributed by atoms with van der Waals surface area (Å²) >= 11 is 4.77. The minimum Gasteiger partial charge on any atom is -0.405 e. The van der Waals surface area contributed by atoms with Crippen LogP contribution in [0.15, 0.2) is 6.07 Å². The number of hydrogen-bond donors (Lipinski definition) is 0. The fourth-order valence-electron chi connectivity index (χ4n) is 1.22. The lowest BCUT2D eigenvalue weighted by molar-refractivity contribution is -0.389. The molecule has 116 valence electrons. The monoisotopic (exact) mass is 338 g/mol. The minimum atomic E-state index is -5.58. The predicted octanol–water partition coefficient (Wildman–Crippen LogP) is 3.29. The van der Waals surface area contributed by atoms with Gasteiger partial charge in [0.1, 0.15) is 0 Å². The molecule has 0 spiro atoms. The maximum Gasteiger partial charge on any atom is 0.573 e. The molecule has 0 saturated carbocycles. The number of nitro groups is 1. The Labute approximate surface area is 115 Å². The lowest BCUT2D eigenvalue weighted by Crippen LogP contribution is -2.22. The summed E-state index contributed by atoms with van der Waals surface area (Å²) in [6.45, 7) is 0. The zero-order valence-electron chi connectivity index (χ0n) is 9.25. The second-order valence-corrected chi connectivity index (χ2v) is 3.62. The van der Waals surface area contributed by atoms with Crippen molar-refractivity contribution in [2.45, 2.75) is 12.5 Å². The Hall–Kier alpha value is -2.11. The first-order valence-electron chi connectivity index (χ1n) is 4.55. The summed E-state index contributed by atoms with van der Waals surface area (Å²) in [5, 5.41) is 8.49. The first kappa shape index (κ1) is 16.9. The number of carbonyl (C=O) groups is 1. The number of halogens is 7. The Kier molecular flexibility index (Phi) is 4.32. The number of aromatic nitrogens is 1. The molecule has 1 aromatic heterocycles. The van der Waals surface area contributed by atoms with E-state index >= 15 is 0 Å². The Morgan fingerprint density at radius 3 is 2.14 bits per heavy atom. The van der Waals surface area contributed by atoms with E-state index in [0.29, 0.717) is 0 Å². The standard InChI is InChI=1S/C8HClF6N2O4/c9-6(18)5-4(7(10,11)12)2(21-8(13,14)15)1-3(16-5)17(19)20/h1H. The molecular weight excluding hydrogens is 338 g/mol. The molecule has 0 radical (unpaired) electrons. The zero-order valence-corrected chi connectivity index (χ0v) is 10.0. The molecule has 0 unspecified atom stereocenters. The molecular formula is C8HClF6N2O4. The molecule has 0 aromatic carbocycles. The molecule has 0 saturated heterocycles. The lowest BCUT2D eigenvalue weighted by atomic mass is 10.1. The average molecular weight is 339 g/mol. The fraction of sp³-hybridized carbons (Fsp3) is 0.250. The Bertz CT molecular complexity index is 600. The molecule has 1 rings (SSSR count). The van der Waals surface area contributed by atoms with Crippen molar-refractivity contribution < 1.29 is 40.8 Å². The molecule has 21 heavy (non-hydrogen) atoms. The maximum absolute atomic E-state index is 12.7. The third-order valence-corrected chi connectivity index (χ3v) is 2.03. The first-order valence-corrected chi connectivity index (χ1v) is 4.93. The van der Waals surface area contributed by atoms with Gasteiger partial charge in [0, 0.05) is 0 Å². The second-order valence-electron chi connectivity index (χ2n) is 3.28. The van der Waals surface area contributed by atoms with Crippen LogP contribution < -0.4 is 4.74 Å². The van der Waals surface area contributed by atoms with Crippen LogP contribution in [0, 0.1) is 10.1 Å². The SMILES string of the molecule is O=C(Cl)c1nc([N+](=O)[O-])cc(OC(F)(F)F)c1C(F)(F)F. The van der Waals surface area contributed by atoms with Crippen LogP contribution in [0.2, 0.25) is 0 Å². The zero-order chi connectivity index (χ0) is 16.6. The van der Waals surface area contributed by atoms with E-state index in [4.69, 9.17) is 11.6 Å². The molecule has 1 heterocycles.